The number of amides is 2. The Balaban J connectivity index is 2.41. The van der Waals surface area contributed by atoms with Gasteiger partial charge in [-0.15, -0.1) is 0 Å². The number of hydrogen-bond acceptors (Lipinski definition) is 3. The molecule has 1 aliphatic carbocycles. The Kier molecular flexibility index (Phi) is 3.11. The fourth-order valence-electron chi connectivity index (χ4n) is 2.65. The molecule has 0 aromatic rings. The summed E-state index contributed by atoms with van der Waals surface area (Å²) >= 11 is 0. The van der Waals surface area contributed by atoms with E-state index in [1.54, 1.807) is 14.0 Å². The molecule has 2 amide bonds. The first kappa shape index (κ1) is 12.6. The van der Waals surface area contributed by atoms with Crippen LogP contribution in [0.4, 0.5) is 4.79 Å². The van der Waals surface area contributed by atoms with E-state index in [9.17, 15) is 14.4 Å². The van der Waals surface area contributed by atoms with E-state index < -0.39 is 12.0 Å². The molecule has 1 aliphatic heterocycles. The lowest BCUT2D eigenvalue weighted by Crippen LogP contribution is -2.54. The molecule has 1 heterocycles. The molecule has 0 aromatic carbocycles. The van der Waals surface area contributed by atoms with Crippen LogP contribution < -0.4 is 0 Å². The van der Waals surface area contributed by atoms with Crippen molar-refractivity contribution in [1.82, 2.24) is 9.80 Å². The van der Waals surface area contributed by atoms with Gasteiger partial charge in [-0.25, -0.2) is 4.79 Å². The largest absolute Gasteiger partial charge is 0.480 e. The van der Waals surface area contributed by atoms with Gasteiger partial charge in [0.15, 0.2) is 5.78 Å². The van der Waals surface area contributed by atoms with Gasteiger partial charge >= 0.3 is 12.0 Å². The van der Waals surface area contributed by atoms with Crippen LogP contribution in [0.2, 0.25) is 0 Å². The molecule has 18 heavy (non-hydrogen) atoms. The second kappa shape index (κ2) is 4.44. The molecule has 0 fully saturated rings. The standard InChI is InChI=1S/C12H16N2O4/c1-7-11-8(4-3-5-9(11)15)13(2)12(18)14(7)6-10(16)17/h7H,3-6H2,1-2H3,(H,16,17). The molecule has 0 spiro atoms. The lowest BCUT2D eigenvalue weighted by Gasteiger charge is -2.41. The summed E-state index contributed by atoms with van der Waals surface area (Å²) in [4.78, 5) is 37.5. The zero-order chi connectivity index (χ0) is 13.4. The Bertz CT molecular complexity index is 455. The second-order valence-corrected chi connectivity index (χ2v) is 4.68. The Labute approximate surface area is 105 Å². The average Bonchev–Trinajstić information content (AvgIpc) is 2.31. The Morgan fingerprint density at radius 1 is 1.39 bits per heavy atom. The summed E-state index contributed by atoms with van der Waals surface area (Å²) in [6.45, 7) is 1.33. The third-order valence-electron chi connectivity index (χ3n) is 3.56. The number of Topliss-reactive ketones (excluding diaryl/α,β-unsaturated/α-hetero) is 1. The van der Waals surface area contributed by atoms with Gasteiger partial charge in [0, 0.05) is 24.7 Å². The molecule has 2 aliphatic rings. The molecule has 0 aromatic heterocycles. The first-order valence-corrected chi connectivity index (χ1v) is 5.96. The number of aliphatic carboxylic acids is 1. The van der Waals surface area contributed by atoms with Crippen LogP contribution in [0.1, 0.15) is 26.2 Å². The van der Waals surface area contributed by atoms with E-state index in [0.717, 1.165) is 12.1 Å². The molecule has 98 valence electrons. The lowest BCUT2D eigenvalue weighted by atomic mass is 9.88. The quantitative estimate of drug-likeness (QED) is 0.789. The Morgan fingerprint density at radius 2 is 2.06 bits per heavy atom. The first-order valence-electron chi connectivity index (χ1n) is 5.96. The van der Waals surface area contributed by atoms with Crippen molar-refractivity contribution >= 4 is 17.8 Å². The number of allylic oxidation sites excluding steroid dienone is 1. The van der Waals surface area contributed by atoms with Crippen molar-refractivity contribution in [3.05, 3.63) is 11.3 Å². The third-order valence-corrected chi connectivity index (χ3v) is 3.56. The van der Waals surface area contributed by atoms with Crippen LogP contribution in [-0.2, 0) is 9.59 Å². The molecule has 6 heteroatoms. The van der Waals surface area contributed by atoms with Crippen molar-refractivity contribution in [2.45, 2.75) is 32.2 Å². The molecular weight excluding hydrogens is 236 g/mol. The van der Waals surface area contributed by atoms with E-state index in [-0.39, 0.29) is 18.4 Å². The van der Waals surface area contributed by atoms with Crippen molar-refractivity contribution in [1.29, 1.82) is 0 Å². The molecule has 0 saturated carbocycles. The summed E-state index contributed by atoms with van der Waals surface area (Å²) in [5.41, 5.74) is 1.36. The van der Waals surface area contributed by atoms with Crippen molar-refractivity contribution in [2.24, 2.45) is 0 Å². The number of nitrogens with zero attached hydrogens (tertiary/aromatic N) is 2. The van der Waals surface area contributed by atoms with Crippen molar-refractivity contribution < 1.29 is 19.5 Å². The van der Waals surface area contributed by atoms with E-state index in [4.69, 9.17) is 5.11 Å². The molecule has 2 rings (SSSR count). The van der Waals surface area contributed by atoms with Crippen LogP contribution in [-0.4, -0.2) is 52.3 Å². The fourth-order valence-corrected chi connectivity index (χ4v) is 2.65. The summed E-state index contributed by atoms with van der Waals surface area (Å²) in [7, 11) is 1.59. The zero-order valence-electron chi connectivity index (χ0n) is 10.5. The maximum atomic E-state index is 12.1. The maximum Gasteiger partial charge on any atom is 0.325 e. The van der Waals surface area contributed by atoms with Crippen molar-refractivity contribution in [3.8, 4) is 0 Å². The highest BCUT2D eigenvalue weighted by Gasteiger charge is 2.40. The number of ketones is 1. The molecule has 1 N–H and O–H groups in total. The van der Waals surface area contributed by atoms with Gasteiger partial charge in [0.2, 0.25) is 0 Å². The summed E-state index contributed by atoms with van der Waals surface area (Å²) in [5, 5.41) is 8.84. The normalized spacial score (nSPS) is 24.4. The minimum absolute atomic E-state index is 0.0264. The Morgan fingerprint density at radius 3 is 2.67 bits per heavy atom. The lowest BCUT2D eigenvalue weighted by molar-refractivity contribution is -0.138. The summed E-state index contributed by atoms with van der Waals surface area (Å²) < 4.78 is 0. The van der Waals surface area contributed by atoms with Crippen LogP contribution in [0, 0.1) is 0 Å². The van der Waals surface area contributed by atoms with E-state index in [0.29, 0.717) is 18.4 Å². The minimum atomic E-state index is -1.07. The number of carbonyl (C=O) groups is 3. The van der Waals surface area contributed by atoms with Gasteiger partial charge in [-0.3, -0.25) is 9.59 Å². The second-order valence-electron chi connectivity index (χ2n) is 4.68. The highest BCUT2D eigenvalue weighted by molar-refractivity contribution is 6.00. The highest BCUT2D eigenvalue weighted by atomic mass is 16.4. The molecule has 1 unspecified atom stereocenters. The summed E-state index contributed by atoms with van der Waals surface area (Å²) in [6.07, 6.45) is 1.93. The maximum absolute atomic E-state index is 12.1. The van der Waals surface area contributed by atoms with Gasteiger partial charge in [-0.05, 0) is 19.8 Å². The third kappa shape index (κ3) is 1.87. The highest BCUT2D eigenvalue weighted by Crippen LogP contribution is 2.33. The number of carbonyl (C=O) groups excluding carboxylic acids is 2. The number of hydrogen-bond donors (Lipinski definition) is 1. The molecule has 0 radical (unpaired) electrons. The van der Waals surface area contributed by atoms with Crippen LogP contribution in [0.3, 0.4) is 0 Å². The van der Waals surface area contributed by atoms with Gasteiger partial charge in [0.05, 0.1) is 6.04 Å². The average molecular weight is 252 g/mol. The minimum Gasteiger partial charge on any atom is -0.480 e. The van der Waals surface area contributed by atoms with Crippen LogP contribution in [0.25, 0.3) is 0 Å². The molecular formula is C12H16N2O4. The SMILES string of the molecule is CC1C2=C(CCCC2=O)N(C)C(=O)N1CC(=O)O. The van der Waals surface area contributed by atoms with Gasteiger partial charge in [-0.2, -0.15) is 0 Å². The topological polar surface area (TPSA) is 77.9 Å². The smallest absolute Gasteiger partial charge is 0.325 e. The monoisotopic (exact) mass is 252 g/mol. The van der Waals surface area contributed by atoms with E-state index in [1.807, 2.05) is 0 Å². The zero-order valence-corrected chi connectivity index (χ0v) is 10.5. The summed E-state index contributed by atoms with van der Waals surface area (Å²) in [5.74, 6) is -1.05. The molecule has 0 bridgehead atoms. The van der Waals surface area contributed by atoms with Crippen LogP contribution in [0.15, 0.2) is 11.3 Å². The van der Waals surface area contributed by atoms with Crippen LogP contribution >= 0.6 is 0 Å². The number of carboxylic acid groups (broad SMARTS) is 1. The number of rotatable bonds is 2. The van der Waals surface area contributed by atoms with Gasteiger partial charge in [-0.1, -0.05) is 0 Å². The van der Waals surface area contributed by atoms with Crippen LogP contribution in [0.5, 0.6) is 0 Å². The predicted octanol–water partition coefficient (Wildman–Crippen LogP) is 0.834. The van der Waals surface area contributed by atoms with E-state index >= 15 is 0 Å². The molecule has 1 atom stereocenters. The summed E-state index contributed by atoms with van der Waals surface area (Å²) in [6, 6.07) is -0.800. The molecule has 0 saturated heterocycles. The van der Waals surface area contributed by atoms with E-state index in [1.165, 1.54) is 9.80 Å². The Hall–Kier alpha value is -1.85. The van der Waals surface area contributed by atoms with Crippen molar-refractivity contribution in [2.75, 3.05) is 13.6 Å². The fraction of sp³-hybridized carbons (Fsp3) is 0.583. The van der Waals surface area contributed by atoms with Gasteiger partial charge in [0.25, 0.3) is 0 Å². The number of urea groups is 1. The van der Waals surface area contributed by atoms with E-state index in [2.05, 4.69) is 0 Å². The predicted molar refractivity (Wildman–Crippen MR) is 62.8 cm³/mol. The van der Waals surface area contributed by atoms with Crippen molar-refractivity contribution in [3.63, 3.8) is 0 Å². The first-order chi connectivity index (χ1) is 8.43. The van der Waals surface area contributed by atoms with Gasteiger partial charge < -0.3 is 14.9 Å². The molecule has 6 nitrogen and oxygen atoms in total. The van der Waals surface area contributed by atoms with Gasteiger partial charge in [0.1, 0.15) is 6.54 Å². The number of carboxylic acids is 1.